The second-order valence-electron chi connectivity index (χ2n) is 6.89. The fourth-order valence-corrected chi connectivity index (χ4v) is 3.54. The summed E-state index contributed by atoms with van der Waals surface area (Å²) in [5, 5.41) is 3.40. The first-order valence-corrected chi connectivity index (χ1v) is 9.87. The highest BCUT2D eigenvalue weighted by Crippen LogP contribution is 2.18. The highest BCUT2D eigenvalue weighted by atomic mass is 16.5. The summed E-state index contributed by atoms with van der Waals surface area (Å²) in [6.07, 6.45) is 5.63. The highest BCUT2D eigenvalue weighted by molar-refractivity contribution is 5.81. The van der Waals surface area contributed by atoms with Crippen molar-refractivity contribution in [1.82, 2.24) is 19.8 Å². The van der Waals surface area contributed by atoms with Crippen LogP contribution >= 0.6 is 0 Å². The first-order chi connectivity index (χ1) is 13.7. The lowest BCUT2D eigenvalue weighted by molar-refractivity contribution is -0.149. The molecule has 0 aliphatic carbocycles. The molecule has 1 N–H and O–H groups in total. The minimum absolute atomic E-state index is 0.0904. The number of carbonyl (C=O) groups excluding carboxylic acids is 1. The molecule has 2 aromatic rings. The van der Waals surface area contributed by atoms with Gasteiger partial charge < -0.3 is 19.5 Å². The molecule has 1 aliphatic rings. The number of rotatable bonds is 6. The normalized spacial score (nSPS) is 17.4. The van der Waals surface area contributed by atoms with E-state index >= 15 is 0 Å². The van der Waals surface area contributed by atoms with Gasteiger partial charge in [-0.3, -0.25) is 9.79 Å². The number of nitrogens with one attached hydrogen (secondary N) is 1. The Kier molecular flexibility index (Phi) is 7.06. The molecule has 0 saturated carbocycles. The minimum Gasteiger partial charge on any atom is -0.466 e. The van der Waals surface area contributed by atoms with Gasteiger partial charge in [-0.05, 0) is 25.3 Å². The van der Waals surface area contributed by atoms with Crippen LogP contribution in [0.5, 0.6) is 0 Å². The van der Waals surface area contributed by atoms with Crippen LogP contribution < -0.4 is 5.32 Å². The van der Waals surface area contributed by atoms with Crippen molar-refractivity contribution in [2.24, 2.45) is 10.9 Å². The summed E-state index contributed by atoms with van der Waals surface area (Å²) >= 11 is 0. The molecule has 0 amide bonds. The summed E-state index contributed by atoms with van der Waals surface area (Å²) in [5.74, 6) is 1.54. The average Bonchev–Trinajstić information content (AvgIpc) is 3.16. The Hall–Kier alpha value is -2.83. The van der Waals surface area contributed by atoms with Crippen LogP contribution in [0.15, 0.2) is 47.7 Å². The van der Waals surface area contributed by atoms with E-state index in [-0.39, 0.29) is 11.9 Å². The first kappa shape index (κ1) is 19.9. The Labute approximate surface area is 166 Å². The third kappa shape index (κ3) is 5.12. The molecule has 1 aromatic heterocycles. The number of guanidine groups is 1. The second kappa shape index (κ2) is 9.92. The molecule has 2 heterocycles. The van der Waals surface area contributed by atoms with Crippen LogP contribution in [0, 0.1) is 5.92 Å². The number of hydrogen-bond donors (Lipinski definition) is 1. The predicted octanol–water partition coefficient (Wildman–Crippen LogP) is 2.28. The molecular weight excluding hydrogens is 354 g/mol. The van der Waals surface area contributed by atoms with Crippen LogP contribution in [0.2, 0.25) is 0 Å². The molecule has 1 fully saturated rings. The lowest BCUT2D eigenvalue weighted by atomic mass is 9.98. The van der Waals surface area contributed by atoms with Crippen LogP contribution in [0.3, 0.4) is 0 Å². The van der Waals surface area contributed by atoms with Crippen LogP contribution in [-0.4, -0.2) is 53.1 Å². The minimum atomic E-state index is -0.110. The molecule has 0 bridgehead atoms. The molecule has 1 saturated heterocycles. The largest absolute Gasteiger partial charge is 0.466 e. The van der Waals surface area contributed by atoms with E-state index in [9.17, 15) is 4.79 Å². The number of hydrogen-bond acceptors (Lipinski definition) is 4. The SMILES string of the molecule is CCOC(=O)C1CCCN(C(=NC)NCc2nccn2Cc2ccccc2)C1. The molecule has 0 radical (unpaired) electrons. The van der Waals surface area contributed by atoms with Crippen LogP contribution in [0.25, 0.3) is 0 Å². The van der Waals surface area contributed by atoms with Crippen molar-refractivity contribution < 1.29 is 9.53 Å². The Morgan fingerprint density at radius 2 is 2.18 bits per heavy atom. The van der Waals surface area contributed by atoms with Gasteiger partial charge in [-0.15, -0.1) is 0 Å². The van der Waals surface area contributed by atoms with E-state index < -0.39 is 0 Å². The zero-order chi connectivity index (χ0) is 19.8. The van der Waals surface area contributed by atoms with E-state index in [1.54, 1.807) is 7.05 Å². The summed E-state index contributed by atoms with van der Waals surface area (Å²) in [5.41, 5.74) is 1.24. The van der Waals surface area contributed by atoms with Crippen molar-refractivity contribution in [3.05, 3.63) is 54.1 Å². The summed E-state index contributed by atoms with van der Waals surface area (Å²) in [6.45, 7) is 5.14. The average molecular weight is 383 g/mol. The van der Waals surface area contributed by atoms with Gasteiger partial charge in [0.25, 0.3) is 0 Å². The molecule has 0 spiro atoms. The van der Waals surface area contributed by atoms with Gasteiger partial charge in [-0.1, -0.05) is 30.3 Å². The van der Waals surface area contributed by atoms with E-state index in [0.717, 1.165) is 37.7 Å². The number of esters is 1. The summed E-state index contributed by atoms with van der Waals surface area (Å²) in [7, 11) is 1.77. The highest BCUT2D eigenvalue weighted by Gasteiger charge is 2.28. The number of piperidine rings is 1. The van der Waals surface area contributed by atoms with Crippen LogP contribution in [-0.2, 0) is 22.6 Å². The number of nitrogens with zero attached hydrogens (tertiary/aromatic N) is 4. The lowest BCUT2D eigenvalue weighted by Crippen LogP contribution is -2.48. The summed E-state index contributed by atoms with van der Waals surface area (Å²) in [6, 6.07) is 10.3. The van der Waals surface area contributed by atoms with Gasteiger partial charge in [0.15, 0.2) is 5.96 Å². The molecule has 1 aromatic carbocycles. The van der Waals surface area contributed by atoms with Gasteiger partial charge in [0, 0.05) is 39.1 Å². The number of aliphatic imine (C=N–C) groups is 1. The molecule has 7 heteroatoms. The lowest BCUT2D eigenvalue weighted by Gasteiger charge is -2.33. The van der Waals surface area contributed by atoms with Gasteiger partial charge in [0.2, 0.25) is 0 Å². The number of carbonyl (C=O) groups is 1. The quantitative estimate of drug-likeness (QED) is 0.471. The van der Waals surface area contributed by atoms with Crippen LogP contribution in [0.4, 0.5) is 0 Å². The van der Waals surface area contributed by atoms with Crippen molar-refractivity contribution in [2.45, 2.75) is 32.9 Å². The second-order valence-corrected chi connectivity index (χ2v) is 6.89. The van der Waals surface area contributed by atoms with Crippen LogP contribution in [0.1, 0.15) is 31.2 Å². The fraction of sp³-hybridized carbons (Fsp3) is 0.476. The van der Waals surface area contributed by atoms with Crippen molar-refractivity contribution in [2.75, 3.05) is 26.7 Å². The number of ether oxygens (including phenoxy) is 1. The summed E-state index contributed by atoms with van der Waals surface area (Å²) < 4.78 is 7.33. The Bertz CT molecular complexity index is 787. The van der Waals surface area contributed by atoms with E-state index in [1.165, 1.54) is 5.56 Å². The Balaban J connectivity index is 1.59. The molecule has 1 aliphatic heterocycles. The third-order valence-electron chi connectivity index (χ3n) is 4.95. The molecule has 3 rings (SSSR count). The van der Waals surface area contributed by atoms with E-state index in [4.69, 9.17) is 4.74 Å². The number of likely N-dealkylation sites (tertiary alicyclic amines) is 1. The predicted molar refractivity (Wildman–Crippen MR) is 109 cm³/mol. The van der Waals surface area contributed by atoms with Gasteiger partial charge in [-0.25, -0.2) is 4.98 Å². The van der Waals surface area contributed by atoms with Crippen molar-refractivity contribution in [1.29, 1.82) is 0 Å². The van der Waals surface area contributed by atoms with Gasteiger partial charge >= 0.3 is 5.97 Å². The zero-order valence-electron chi connectivity index (χ0n) is 16.7. The molecule has 150 valence electrons. The maximum Gasteiger partial charge on any atom is 0.310 e. The Morgan fingerprint density at radius 1 is 1.36 bits per heavy atom. The van der Waals surface area contributed by atoms with E-state index in [0.29, 0.717) is 19.7 Å². The number of benzene rings is 1. The fourth-order valence-electron chi connectivity index (χ4n) is 3.54. The van der Waals surface area contributed by atoms with Gasteiger partial charge in [0.05, 0.1) is 19.1 Å². The van der Waals surface area contributed by atoms with E-state index in [1.807, 2.05) is 37.5 Å². The third-order valence-corrected chi connectivity index (χ3v) is 4.95. The number of imidazole rings is 1. The van der Waals surface area contributed by atoms with Crippen molar-refractivity contribution >= 4 is 11.9 Å². The summed E-state index contributed by atoms with van der Waals surface area (Å²) in [4.78, 5) is 23.1. The van der Waals surface area contributed by atoms with E-state index in [2.05, 4.69) is 36.9 Å². The maximum atomic E-state index is 12.1. The smallest absolute Gasteiger partial charge is 0.310 e. The monoisotopic (exact) mass is 383 g/mol. The van der Waals surface area contributed by atoms with Crippen molar-refractivity contribution in [3.8, 4) is 0 Å². The maximum absolute atomic E-state index is 12.1. The molecular formula is C21H29N5O2. The molecule has 1 atom stereocenters. The van der Waals surface area contributed by atoms with Gasteiger partial charge in [0.1, 0.15) is 5.82 Å². The van der Waals surface area contributed by atoms with Crippen molar-refractivity contribution in [3.63, 3.8) is 0 Å². The van der Waals surface area contributed by atoms with Gasteiger partial charge in [-0.2, -0.15) is 0 Å². The topological polar surface area (TPSA) is 71.8 Å². The Morgan fingerprint density at radius 3 is 2.93 bits per heavy atom. The first-order valence-electron chi connectivity index (χ1n) is 9.87. The molecule has 7 nitrogen and oxygen atoms in total. The molecule has 1 unspecified atom stereocenters. The standard InChI is InChI=1S/C21H29N5O2/c1-3-28-20(27)18-10-7-12-26(16-18)21(22-2)24-14-19-23-11-13-25(19)15-17-8-5-4-6-9-17/h4-6,8-9,11,13,18H,3,7,10,12,14-16H2,1-2H3,(H,22,24). The number of aromatic nitrogens is 2. The molecule has 28 heavy (non-hydrogen) atoms. The zero-order valence-corrected chi connectivity index (χ0v) is 16.7.